The van der Waals surface area contributed by atoms with Gasteiger partial charge in [0.25, 0.3) is 0 Å². The predicted octanol–water partition coefficient (Wildman–Crippen LogP) is 4.82. The number of carboxylic acid groups (broad SMARTS) is 1. The number of rotatable bonds is 5. The summed E-state index contributed by atoms with van der Waals surface area (Å²) in [7, 11) is 0. The molecule has 1 atom stereocenters. The van der Waals surface area contributed by atoms with Crippen LogP contribution >= 0.6 is 0 Å². The van der Waals surface area contributed by atoms with Crippen molar-refractivity contribution in [3.8, 4) is 0 Å². The third-order valence-corrected chi connectivity index (χ3v) is 3.40. The molecule has 1 aliphatic carbocycles. The largest absolute Gasteiger partial charge is 0.478 e. The van der Waals surface area contributed by atoms with E-state index in [0.717, 1.165) is 11.1 Å². The summed E-state index contributed by atoms with van der Waals surface area (Å²) in [4.78, 5) is 10.5. The van der Waals surface area contributed by atoms with Gasteiger partial charge in [0.15, 0.2) is 0 Å². The molecule has 1 N–H and O–H groups in total. The predicted molar refractivity (Wildman–Crippen MR) is 84.5 cm³/mol. The van der Waals surface area contributed by atoms with Crippen LogP contribution in [0.1, 0.15) is 40.0 Å². The van der Waals surface area contributed by atoms with E-state index in [0.29, 0.717) is 5.92 Å². The van der Waals surface area contributed by atoms with Gasteiger partial charge in [-0.25, -0.2) is 4.79 Å². The van der Waals surface area contributed by atoms with E-state index in [2.05, 4.69) is 25.2 Å². The van der Waals surface area contributed by atoms with E-state index in [4.69, 9.17) is 5.11 Å². The molecule has 0 aromatic heterocycles. The summed E-state index contributed by atoms with van der Waals surface area (Å²) in [6.07, 6.45) is 17.3. The van der Waals surface area contributed by atoms with Crippen molar-refractivity contribution in [3.63, 3.8) is 0 Å². The van der Waals surface area contributed by atoms with Gasteiger partial charge in [0.2, 0.25) is 0 Å². The maximum atomic E-state index is 10.5. The standard InChI is InChI=1S/C18H24O2/c1-14(7-6-8-15(2)13-18(19)20)11-12-17-10-5-4-9-16(17)3/h6-8,10-13,16H,4-5,9H2,1-3H3,(H,19,20)/b8-6+,12-11+,14-7-,15-13+/t16-/m0/s1. The Hall–Kier alpha value is -1.83. The van der Waals surface area contributed by atoms with E-state index in [1.54, 1.807) is 13.0 Å². The topological polar surface area (TPSA) is 37.3 Å². The molecule has 0 saturated heterocycles. The van der Waals surface area contributed by atoms with Gasteiger partial charge < -0.3 is 5.11 Å². The molecule has 20 heavy (non-hydrogen) atoms. The van der Waals surface area contributed by atoms with E-state index in [1.807, 2.05) is 19.1 Å². The first-order valence-electron chi connectivity index (χ1n) is 7.13. The molecular formula is C18H24O2. The first-order chi connectivity index (χ1) is 9.49. The van der Waals surface area contributed by atoms with Gasteiger partial charge in [0.05, 0.1) is 0 Å². The first kappa shape index (κ1) is 16.2. The zero-order chi connectivity index (χ0) is 15.0. The zero-order valence-corrected chi connectivity index (χ0v) is 12.6. The highest BCUT2D eigenvalue weighted by Crippen LogP contribution is 2.25. The molecule has 0 saturated carbocycles. The molecule has 0 fully saturated rings. The highest BCUT2D eigenvalue weighted by molar-refractivity contribution is 5.81. The Kier molecular flexibility index (Phi) is 6.78. The molecule has 0 radical (unpaired) electrons. The van der Waals surface area contributed by atoms with Crippen molar-refractivity contribution in [3.05, 3.63) is 59.3 Å². The van der Waals surface area contributed by atoms with Gasteiger partial charge in [0.1, 0.15) is 0 Å². The van der Waals surface area contributed by atoms with Crippen LogP contribution in [0.4, 0.5) is 0 Å². The summed E-state index contributed by atoms with van der Waals surface area (Å²) >= 11 is 0. The number of hydrogen-bond acceptors (Lipinski definition) is 1. The van der Waals surface area contributed by atoms with Gasteiger partial charge in [-0.15, -0.1) is 0 Å². The number of aliphatic carboxylic acids is 1. The second-order valence-electron chi connectivity index (χ2n) is 5.37. The Labute approximate surface area is 121 Å². The van der Waals surface area contributed by atoms with E-state index < -0.39 is 5.97 Å². The monoisotopic (exact) mass is 272 g/mol. The van der Waals surface area contributed by atoms with Crippen LogP contribution in [0.5, 0.6) is 0 Å². The molecule has 0 aliphatic heterocycles. The molecule has 2 nitrogen and oxygen atoms in total. The molecule has 108 valence electrons. The Morgan fingerprint density at radius 1 is 1.30 bits per heavy atom. The van der Waals surface area contributed by atoms with Crippen LogP contribution in [0.2, 0.25) is 0 Å². The van der Waals surface area contributed by atoms with E-state index in [-0.39, 0.29) is 0 Å². The van der Waals surface area contributed by atoms with Gasteiger partial charge in [-0.2, -0.15) is 0 Å². The highest BCUT2D eigenvalue weighted by atomic mass is 16.4. The second kappa shape index (κ2) is 8.36. The number of carboxylic acids is 1. The minimum atomic E-state index is -0.911. The number of carbonyl (C=O) groups is 1. The molecule has 0 unspecified atom stereocenters. The van der Waals surface area contributed by atoms with Crippen molar-refractivity contribution in [2.75, 3.05) is 0 Å². The van der Waals surface area contributed by atoms with Crippen LogP contribution in [-0.4, -0.2) is 11.1 Å². The van der Waals surface area contributed by atoms with Crippen molar-refractivity contribution >= 4 is 5.97 Å². The van der Waals surface area contributed by atoms with Crippen molar-refractivity contribution < 1.29 is 9.90 Å². The van der Waals surface area contributed by atoms with Crippen LogP contribution in [-0.2, 0) is 4.79 Å². The van der Waals surface area contributed by atoms with Crippen LogP contribution in [0.25, 0.3) is 0 Å². The van der Waals surface area contributed by atoms with Gasteiger partial charge in [-0.1, -0.05) is 49.0 Å². The minimum absolute atomic E-state index is 0.657. The minimum Gasteiger partial charge on any atom is -0.478 e. The second-order valence-corrected chi connectivity index (χ2v) is 5.37. The average molecular weight is 272 g/mol. The summed E-state index contributed by atoms with van der Waals surface area (Å²) in [5.74, 6) is -0.255. The zero-order valence-electron chi connectivity index (χ0n) is 12.6. The fourth-order valence-electron chi connectivity index (χ4n) is 2.17. The van der Waals surface area contributed by atoms with Gasteiger partial charge in [-0.3, -0.25) is 0 Å². The fraction of sp³-hybridized carbons (Fsp3) is 0.389. The van der Waals surface area contributed by atoms with Gasteiger partial charge in [0, 0.05) is 6.08 Å². The van der Waals surface area contributed by atoms with Crippen LogP contribution in [0.3, 0.4) is 0 Å². The molecule has 0 spiro atoms. The average Bonchev–Trinajstić information content (AvgIpc) is 2.37. The lowest BCUT2D eigenvalue weighted by molar-refractivity contribution is -0.131. The maximum absolute atomic E-state index is 10.5. The molecule has 0 aromatic carbocycles. The molecule has 0 heterocycles. The normalized spacial score (nSPS) is 21.6. The molecule has 0 aromatic rings. The van der Waals surface area contributed by atoms with Crippen LogP contribution < -0.4 is 0 Å². The smallest absolute Gasteiger partial charge is 0.328 e. The third kappa shape index (κ3) is 6.37. The number of allylic oxidation sites excluding steroid dienone is 9. The van der Waals surface area contributed by atoms with E-state index in [9.17, 15) is 4.79 Å². The van der Waals surface area contributed by atoms with Crippen LogP contribution in [0, 0.1) is 5.92 Å². The Morgan fingerprint density at radius 3 is 2.70 bits per heavy atom. The van der Waals surface area contributed by atoms with Crippen molar-refractivity contribution in [2.45, 2.75) is 40.0 Å². The van der Waals surface area contributed by atoms with E-state index >= 15 is 0 Å². The third-order valence-electron chi connectivity index (χ3n) is 3.40. The summed E-state index contributed by atoms with van der Waals surface area (Å²) in [5.41, 5.74) is 3.31. The van der Waals surface area contributed by atoms with Crippen molar-refractivity contribution in [1.82, 2.24) is 0 Å². The molecule has 2 heteroatoms. The van der Waals surface area contributed by atoms with Crippen molar-refractivity contribution in [1.29, 1.82) is 0 Å². The highest BCUT2D eigenvalue weighted by Gasteiger charge is 2.09. The first-order valence-corrected chi connectivity index (χ1v) is 7.13. The van der Waals surface area contributed by atoms with Gasteiger partial charge >= 0.3 is 5.97 Å². The summed E-state index contributed by atoms with van der Waals surface area (Å²) in [6.45, 7) is 6.09. The maximum Gasteiger partial charge on any atom is 0.328 e. The molecular weight excluding hydrogens is 248 g/mol. The molecule has 1 aliphatic rings. The summed E-state index contributed by atoms with van der Waals surface area (Å²) < 4.78 is 0. The lowest BCUT2D eigenvalue weighted by Crippen LogP contribution is -2.02. The Balaban J connectivity index is 2.59. The van der Waals surface area contributed by atoms with E-state index in [1.165, 1.54) is 30.9 Å². The fourth-order valence-corrected chi connectivity index (χ4v) is 2.17. The SMILES string of the molecule is CC(=C/C=C/C(C)=C/C(=O)O)/C=C/C1=CCCC[C@@H]1C. The lowest BCUT2D eigenvalue weighted by atomic mass is 9.89. The summed E-state index contributed by atoms with van der Waals surface area (Å²) in [6, 6.07) is 0. The Bertz CT molecular complexity index is 488. The van der Waals surface area contributed by atoms with Crippen LogP contribution in [0.15, 0.2) is 59.3 Å². The Morgan fingerprint density at radius 2 is 2.05 bits per heavy atom. The molecule has 0 amide bonds. The molecule has 0 bridgehead atoms. The quantitative estimate of drug-likeness (QED) is 0.575. The molecule has 1 rings (SSSR count). The lowest BCUT2D eigenvalue weighted by Gasteiger charge is -2.17. The van der Waals surface area contributed by atoms with Crippen molar-refractivity contribution in [2.24, 2.45) is 5.92 Å². The van der Waals surface area contributed by atoms with Gasteiger partial charge in [-0.05, 0) is 50.2 Å². The summed E-state index contributed by atoms with van der Waals surface area (Å²) in [5, 5.41) is 8.60. The number of hydrogen-bond donors (Lipinski definition) is 1.